The van der Waals surface area contributed by atoms with E-state index in [1.165, 1.54) is 0 Å². The molecule has 0 aromatic heterocycles. The SMILES string of the molecule is CCN(CC)C(=O)C(C#N)Cc1ccc(N(C)C)cc1. The molecule has 4 heteroatoms. The first-order valence-electron chi connectivity index (χ1n) is 6.98. The van der Waals surface area contributed by atoms with Crippen LogP contribution in [-0.2, 0) is 11.2 Å². The molecule has 0 N–H and O–H groups in total. The highest BCUT2D eigenvalue weighted by molar-refractivity contribution is 5.81. The fourth-order valence-corrected chi connectivity index (χ4v) is 2.11. The van der Waals surface area contributed by atoms with E-state index in [0.717, 1.165) is 11.3 Å². The lowest BCUT2D eigenvalue weighted by Crippen LogP contribution is -2.36. The van der Waals surface area contributed by atoms with Gasteiger partial charge in [-0.15, -0.1) is 0 Å². The summed E-state index contributed by atoms with van der Waals surface area (Å²) < 4.78 is 0. The normalized spacial score (nSPS) is 11.6. The van der Waals surface area contributed by atoms with Gasteiger partial charge in [0, 0.05) is 32.9 Å². The molecule has 1 aromatic carbocycles. The number of carbonyl (C=O) groups is 1. The van der Waals surface area contributed by atoms with Crippen LogP contribution in [0.15, 0.2) is 24.3 Å². The summed E-state index contributed by atoms with van der Waals surface area (Å²) in [4.78, 5) is 15.9. The molecule has 0 radical (unpaired) electrons. The Balaban J connectivity index is 2.78. The Morgan fingerprint density at radius 2 is 1.75 bits per heavy atom. The second-order valence-corrected chi connectivity index (χ2v) is 4.96. The molecule has 0 saturated heterocycles. The largest absolute Gasteiger partial charge is 0.378 e. The van der Waals surface area contributed by atoms with Crippen LogP contribution in [0.5, 0.6) is 0 Å². The van der Waals surface area contributed by atoms with Gasteiger partial charge in [-0.1, -0.05) is 12.1 Å². The number of benzene rings is 1. The fraction of sp³-hybridized carbons (Fsp3) is 0.500. The molecule has 4 nitrogen and oxygen atoms in total. The highest BCUT2D eigenvalue weighted by Crippen LogP contribution is 2.16. The molecule has 108 valence electrons. The predicted octanol–water partition coefficient (Wildman–Crippen LogP) is 2.30. The number of amides is 1. The Kier molecular flexibility index (Phi) is 6.05. The van der Waals surface area contributed by atoms with E-state index in [9.17, 15) is 10.1 Å². The van der Waals surface area contributed by atoms with E-state index in [-0.39, 0.29) is 5.91 Å². The zero-order valence-electron chi connectivity index (χ0n) is 12.8. The molecule has 0 bridgehead atoms. The van der Waals surface area contributed by atoms with Crippen LogP contribution in [0.4, 0.5) is 5.69 Å². The maximum atomic E-state index is 12.2. The number of nitriles is 1. The van der Waals surface area contributed by atoms with Gasteiger partial charge < -0.3 is 9.80 Å². The minimum Gasteiger partial charge on any atom is -0.378 e. The number of nitrogens with zero attached hydrogens (tertiary/aromatic N) is 3. The summed E-state index contributed by atoms with van der Waals surface area (Å²) in [5.41, 5.74) is 2.12. The van der Waals surface area contributed by atoms with Gasteiger partial charge in [0.15, 0.2) is 0 Å². The first-order chi connectivity index (χ1) is 9.53. The first-order valence-corrected chi connectivity index (χ1v) is 6.98. The number of rotatable bonds is 6. The molecule has 1 amide bonds. The van der Waals surface area contributed by atoms with Gasteiger partial charge in [0.05, 0.1) is 6.07 Å². The smallest absolute Gasteiger partial charge is 0.240 e. The molecule has 20 heavy (non-hydrogen) atoms. The van der Waals surface area contributed by atoms with Gasteiger partial charge in [-0.05, 0) is 38.0 Å². The van der Waals surface area contributed by atoms with E-state index in [4.69, 9.17) is 0 Å². The van der Waals surface area contributed by atoms with Gasteiger partial charge in [0.25, 0.3) is 0 Å². The van der Waals surface area contributed by atoms with Crippen LogP contribution >= 0.6 is 0 Å². The van der Waals surface area contributed by atoms with E-state index in [2.05, 4.69) is 6.07 Å². The third kappa shape index (κ3) is 3.99. The average Bonchev–Trinajstić information content (AvgIpc) is 2.46. The summed E-state index contributed by atoms with van der Waals surface area (Å²) in [7, 11) is 3.97. The molecule has 1 atom stereocenters. The molecule has 1 aromatic rings. The average molecular weight is 273 g/mol. The van der Waals surface area contributed by atoms with Gasteiger partial charge in [0.2, 0.25) is 5.91 Å². The van der Waals surface area contributed by atoms with Crippen molar-refractivity contribution < 1.29 is 4.79 Å². The zero-order valence-corrected chi connectivity index (χ0v) is 12.8. The molecule has 0 aliphatic heterocycles. The van der Waals surface area contributed by atoms with Crippen LogP contribution in [0, 0.1) is 17.2 Å². The number of carbonyl (C=O) groups excluding carboxylic acids is 1. The molecule has 0 heterocycles. The van der Waals surface area contributed by atoms with E-state index in [1.54, 1.807) is 4.90 Å². The predicted molar refractivity (Wildman–Crippen MR) is 81.5 cm³/mol. The van der Waals surface area contributed by atoms with Gasteiger partial charge in [-0.25, -0.2) is 0 Å². The molecule has 0 aliphatic carbocycles. The standard InChI is InChI=1S/C16H23N3O/c1-5-19(6-2)16(20)14(12-17)11-13-7-9-15(10-8-13)18(3)4/h7-10,14H,5-6,11H2,1-4H3. The highest BCUT2D eigenvalue weighted by Gasteiger charge is 2.22. The summed E-state index contributed by atoms with van der Waals surface area (Å²) in [6.07, 6.45) is 0.472. The minimum absolute atomic E-state index is 0.0748. The molecular formula is C16H23N3O. The van der Waals surface area contributed by atoms with Crippen LogP contribution in [0.2, 0.25) is 0 Å². The van der Waals surface area contributed by atoms with Crippen molar-refractivity contribution in [1.82, 2.24) is 4.90 Å². The lowest BCUT2D eigenvalue weighted by atomic mass is 9.99. The second-order valence-electron chi connectivity index (χ2n) is 4.96. The molecule has 0 aliphatic rings. The third-order valence-electron chi connectivity index (χ3n) is 3.42. The summed E-state index contributed by atoms with van der Waals surface area (Å²) in [6.45, 7) is 5.16. The van der Waals surface area contributed by atoms with E-state index >= 15 is 0 Å². The number of anilines is 1. The Bertz CT molecular complexity index is 469. The van der Waals surface area contributed by atoms with Crippen molar-refractivity contribution in [2.24, 2.45) is 5.92 Å². The monoisotopic (exact) mass is 273 g/mol. The van der Waals surface area contributed by atoms with Crippen LogP contribution in [0.3, 0.4) is 0 Å². The second kappa shape index (κ2) is 7.54. The molecule has 0 saturated carbocycles. The summed E-state index contributed by atoms with van der Waals surface area (Å²) in [6, 6.07) is 10.1. The summed E-state index contributed by atoms with van der Waals surface area (Å²) >= 11 is 0. The fourth-order valence-electron chi connectivity index (χ4n) is 2.11. The number of hydrogen-bond acceptors (Lipinski definition) is 3. The van der Waals surface area contributed by atoms with Crippen molar-refractivity contribution in [3.05, 3.63) is 29.8 Å². The van der Waals surface area contributed by atoms with Crippen molar-refractivity contribution in [2.75, 3.05) is 32.1 Å². The van der Waals surface area contributed by atoms with Crippen LogP contribution in [0.25, 0.3) is 0 Å². The van der Waals surface area contributed by atoms with E-state index < -0.39 is 5.92 Å². The molecule has 1 rings (SSSR count). The van der Waals surface area contributed by atoms with E-state index in [1.807, 2.05) is 57.1 Å². The van der Waals surface area contributed by atoms with Crippen molar-refractivity contribution in [3.63, 3.8) is 0 Å². The van der Waals surface area contributed by atoms with Gasteiger partial charge in [-0.3, -0.25) is 4.79 Å². The third-order valence-corrected chi connectivity index (χ3v) is 3.42. The first kappa shape index (κ1) is 16.0. The lowest BCUT2D eigenvalue weighted by Gasteiger charge is -2.21. The number of hydrogen-bond donors (Lipinski definition) is 0. The maximum absolute atomic E-state index is 12.2. The van der Waals surface area contributed by atoms with Crippen molar-refractivity contribution in [1.29, 1.82) is 5.26 Å². The maximum Gasteiger partial charge on any atom is 0.240 e. The summed E-state index contributed by atoms with van der Waals surface area (Å²) in [5, 5.41) is 9.23. The topological polar surface area (TPSA) is 47.3 Å². The Morgan fingerprint density at radius 3 is 2.15 bits per heavy atom. The molecule has 1 unspecified atom stereocenters. The van der Waals surface area contributed by atoms with Gasteiger partial charge >= 0.3 is 0 Å². The minimum atomic E-state index is -0.597. The van der Waals surface area contributed by atoms with Crippen LogP contribution in [-0.4, -0.2) is 38.0 Å². The quantitative estimate of drug-likeness (QED) is 0.799. The Hall–Kier alpha value is -2.02. The van der Waals surface area contributed by atoms with Crippen LogP contribution < -0.4 is 4.90 Å². The lowest BCUT2D eigenvalue weighted by molar-refractivity contribution is -0.133. The van der Waals surface area contributed by atoms with Gasteiger partial charge in [-0.2, -0.15) is 5.26 Å². The zero-order chi connectivity index (χ0) is 15.1. The van der Waals surface area contributed by atoms with Crippen molar-refractivity contribution in [2.45, 2.75) is 20.3 Å². The van der Waals surface area contributed by atoms with Gasteiger partial charge in [0.1, 0.15) is 5.92 Å². The van der Waals surface area contributed by atoms with Crippen molar-refractivity contribution in [3.8, 4) is 6.07 Å². The van der Waals surface area contributed by atoms with E-state index in [0.29, 0.717) is 19.5 Å². The molecule has 0 spiro atoms. The molecular weight excluding hydrogens is 250 g/mol. The Labute approximate surface area is 121 Å². The van der Waals surface area contributed by atoms with Crippen LogP contribution in [0.1, 0.15) is 19.4 Å². The highest BCUT2D eigenvalue weighted by atomic mass is 16.2. The molecule has 0 fully saturated rings. The summed E-state index contributed by atoms with van der Waals surface area (Å²) in [5.74, 6) is -0.672. The van der Waals surface area contributed by atoms with Crippen molar-refractivity contribution >= 4 is 11.6 Å². The Morgan fingerprint density at radius 1 is 1.20 bits per heavy atom.